The molecule has 7 heteroatoms. The first-order valence-corrected chi connectivity index (χ1v) is 6.76. The van der Waals surface area contributed by atoms with Crippen LogP contribution in [0, 0.1) is 5.82 Å². The van der Waals surface area contributed by atoms with Crippen molar-refractivity contribution in [2.45, 2.75) is 19.9 Å². The fourth-order valence-electron chi connectivity index (χ4n) is 2.29. The number of esters is 1. The second kappa shape index (κ2) is 6.46. The second-order valence-corrected chi connectivity index (χ2v) is 4.72. The molecule has 0 fully saturated rings. The van der Waals surface area contributed by atoms with Crippen molar-refractivity contribution < 1.29 is 23.5 Å². The van der Waals surface area contributed by atoms with E-state index in [1.54, 1.807) is 19.9 Å². The van der Waals surface area contributed by atoms with Crippen molar-refractivity contribution >= 4 is 12.0 Å². The van der Waals surface area contributed by atoms with E-state index in [0.29, 0.717) is 17.0 Å². The molecule has 0 aromatic heterocycles. The molecule has 0 saturated heterocycles. The van der Waals surface area contributed by atoms with Crippen LogP contribution in [0.2, 0.25) is 0 Å². The van der Waals surface area contributed by atoms with Crippen molar-refractivity contribution in [2.24, 2.45) is 0 Å². The molecule has 0 bridgehead atoms. The van der Waals surface area contributed by atoms with Gasteiger partial charge in [-0.2, -0.15) is 0 Å². The Kier molecular flexibility index (Phi) is 4.65. The molecule has 1 aromatic carbocycles. The lowest BCUT2D eigenvalue weighted by Crippen LogP contribution is -2.45. The third-order valence-electron chi connectivity index (χ3n) is 3.23. The molecule has 1 aliphatic rings. The summed E-state index contributed by atoms with van der Waals surface area (Å²) in [4.78, 5) is 23.8. The van der Waals surface area contributed by atoms with Crippen LogP contribution < -0.4 is 15.4 Å². The minimum Gasteiger partial charge on any atom is -0.497 e. The first-order chi connectivity index (χ1) is 10.5. The highest BCUT2D eigenvalue weighted by Crippen LogP contribution is 2.30. The summed E-state index contributed by atoms with van der Waals surface area (Å²) >= 11 is 0. The average Bonchev–Trinajstić information content (AvgIpc) is 2.45. The number of benzene rings is 1. The van der Waals surface area contributed by atoms with Crippen molar-refractivity contribution in [1.82, 2.24) is 10.6 Å². The number of carbonyl (C=O) groups is 2. The first kappa shape index (κ1) is 15.8. The van der Waals surface area contributed by atoms with Crippen molar-refractivity contribution in [3.05, 3.63) is 40.8 Å². The van der Waals surface area contributed by atoms with E-state index in [9.17, 15) is 14.0 Å². The molecule has 6 nitrogen and oxygen atoms in total. The van der Waals surface area contributed by atoms with Gasteiger partial charge in [0.05, 0.1) is 25.3 Å². The van der Waals surface area contributed by atoms with Gasteiger partial charge in [-0.15, -0.1) is 0 Å². The molecular weight excluding hydrogens is 291 g/mol. The predicted molar refractivity (Wildman–Crippen MR) is 76.7 cm³/mol. The Hall–Kier alpha value is -2.57. The summed E-state index contributed by atoms with van der Waals surface area (Å²) in [6.07, 6.45) is 0. The lowest BCUT2D eigenvalue weighted by atomic mass is 9.95. The van der Waals surface area contributed by atoms with Gasteiger partial charge in [0.15, 0.2) is 0 Å². The molecular formula is C15H17FN2O4. The lowest BCUT2D eigenvalue weighted by molar-refractivity contribution is -0.139. The number of hydrogen-bond acceptors (Lipinski definition) is 4. The number of amides is 2. The Labute approximate surface area is 127 Å². The third kappa shape index (κ3) is 3.19. The standard InChI is InChI=1S/C15H17FN2O4/c1-4-22-14(19)12-8(2)17-15(20)18-13(12)9-5-10(16)7-11(6-9)21-3/h5-7,13H,4H2,1-3H3,(H2,17,18,20). The third-order valence-corrected chi connectivity index (χ3v) is 3.23. The highest BCUT2D eigenvalue weighted by atomic mass is 19.1. The fourth-order valence-corrected chi connectivity index (χ4v) is 2.29. The summed E-state index contributed by atoms with van der Waals surface area (Å²) in [7, 11) is 1.41. The maximum absolute atomic E-state index is 13.7. The molecule has 2 N–H and O–H groups in total. The number of methoxy groups -OCH3 is 1. The van der Waals surface area contributed by atoms with Crippen LogP contribution in [-0.4, -0.2) is 25.7 Å². The van der Waals surface area contributed by atoms with E-state index in [4.69, 9.17) is 9.47 Å². The zero-order valence-corrected chi connectivity index (χ0v) is 12.5. The van der Waals surface area contributed by atoms with Crippen molar-refractivity contribution in [3.8, 4) is 5.75 Å². The van der Waals surface area contributed by atoms with Gasteiger partial charge in [0.2, 0.25) is 0 Å². The zero-order chi connectivity index (χ0) is 16.3. The minimum atomic E-state index is -0.808. The lowest BCUT2D eigenvalue weighted by Gasteiger charge is -2.28. The van der Waals surface area contributed by atoms with E-state index in [1.165, 1.54) is 19.2 Å². The van der Waals surface area contributed by atoms with Gasteiger partial charge < -0.3 is 20.1 Å². The van der Waals surface area contributed by atoms with Crippen LogP contribution in [0.4, 0.5) is 9.18 Å². The Morgan fingerprint density at radius 1 is 1.36 bits per heavy atom. The van der Waals surface area contributed by atoms with Gasteiger partial charge in [0.25, 0.3) is 0 Å². The van der Waals surface area contributed by atoms with Crippen LogP contribution in [0.3, 0.4) is 0 Å². The molecule has 0 aliphatic carbocycles. The number of halogens is 1. The predicted octanol–water partition coefficient (Wildman–Crippen LogP) is 2.03. The number of carbonyl (C=O) groups excluding carboxylic acids is 2. The quantitative estimate of drug-likeness (QED) is 0.834. The van der Waals surface area contributed by atoms with Gasteiger partial charge in [0.1, 0.15) is 11.6 Å². The molecule has 1 aliphatic heterocycles. The number of hydrogen-bond donors (Lipinski definition) is 2. The summed E-state index contributed by atoms with van der Waals surface area (Å²) in [5.41, 5.74) is 0.999. The smallest absolute Gasteiger partial charge is 0.338 e. The Bertz CT molecular complexity index is 642. The molecule has 22 heavy (non-hydrogen) atoms. The molecule has 0 spiro atoms. The monoisotopic (exact) mass is 308 g/mol. The van der Waals surface area contributed by atoms with E-state index in [-0.39, 0.29) is 12.2 Å². The molecule has 118 valence electrons. The number of allylic oxidation sites excluding steroid dienone is 1. The molecule has 2 rings (SSSR count). The van der Waals surface area contributed by atoms with E-state index >= 15 is 0 Å². The fraction of sp³-hybridized carbons (Fsp3) is 0.333. The Morgan fingerprint density at radius 3 is 2.73 bits per heavy atom. The van der Waals surface area contributed by atoms with Gasteiger partial charge in [-0.05, 0) is 31.5 Å². The SMILES string of the molecule is CCOC(=O)C1=C(C)NC(=O)NC1c1cc(F)cc(OC)c1. The second-order valence-electron chi connectivity index (χ2n) is 4.72. The molecule has 1 atom stereocenters. The summed E-state index contributed by atoms with van der Waals surface area (Å²) in [6.45, 7) is 3.47. The number of urea groups is 1. The van der Waals surface area contributed by atoms with Crippen LogP contribution in [-0.2, 0) is 9.53 Å². The number of rotatable bonds is 4. The van der Waals surface area contributed by atoms with E-state index < -0.39 is 23.9 Å². The van der Waals surface area contributed by atoms with Gasteiger partial charge in [0, 0.05) is 11.8 Å². The molecule has 0 saturated carbocycles. The molecule has 2 amide bonds. The summed E-state index contributed by atoms with van der Waals surface area (Å²) in [6, 6.07) is 2.74. The summed E-state index contributed by atoms with van der Waals surface area (Å²) in [5, 5.41) is 5.12. The highest BCUT2D eigenvalue weighted by Gasteiger charge is 2.32. The normalized spacial score (nSPS) is 17.6. The van der Waals surface area contributed by atoms with Crippen LogP contribution in [0.1, 0.15) is 25.5 Å². The minimum absolute atomic E-state index is 0.197. The average molecular weight is 308 g/mol. The van der Waals surface area contributed by atoms with E-state index in [1.807, 2.05) is 0 Å². The summed E-state index contributed by atoms with van der Waals surface area (Å²) in [5.74, 6) is -0.799. The van der Waals surface area contributed by atoms with Crippen molar-refractivity contribution in [2.75, 3.05) is 13.7 Å². The van der Waals surface area contributed by atoms with Crippen LogP contribution in [0.25, 0.3) is 0 Å². The highest BCUT2D eigenvalue weighted by molar-refractivity contribution is 5.95. The molecule has 0 radical (unpaired) electrons. The largest absolute Gasteiger partial charge is 0.497 e. The van der Waals surface area contributed by atoms with Gasteiger partial charge >= 0.3 is 12.0 Å². The maximum atomic E-state index is 13.7. The topological polar surface area (TPSA) is 76.7 Å². The van der Waals surface area contributed by atoms with Gasteiger partial charge in [-0.1, -0.05) is 0 Å². The Morgan fingerprint density at radius 2 is 2.09 bits per heavy atom. The van der Waals surface area contributed by atoms with Crippen molar-refractivity contribution in [1.29, 1.82) is 0 Å². The number of nitrogens with one attached hydrogen (secondary N) is 2. The maximum Gasteiger partial charge on any atom is 0.338 e. The Balaban J connectivity index is 2.50. The molecule has 1 aromatic rings. The zero-order valence-electron chi connectivity index (χ0n) is 12.5. The van der Waals surface area contributed by atoms with E-state index in [0.717, 1.165) is 0 Å². The van der Waals surface area contributed by atoms with Crippen LogP contribution in [0.15, 0.2) is 29.5 Å². The van der Waals surface area contributed by atoms with Gasteiger partial charge in [-0.25, -0.2) is 14.0 Å². The van der Waals surface area contributed by atoms with Crippen LogP contribution in [0.5, 0.6) is 5.75 Å². The number of ether oxygens (including phenoxy) is 2. The molecule has 1 unspecified atom stereocenters. The van der Waals surface area contributed by atoms with Crippen LogP contribution >= 0.6 is 0 Å². The first-order valence-electron chi connectivity index (χ1n) is 6.76. The van der Waals surface area contributed by atoms with Gasteiger partial charge in [-0.3, -0.25) is 0 Å². The molecule has 1 heterocycles. The van der Waals surface area contributed by atoms with Crippen molar-refractivity contribution in [3.63, 3.8) is 0 Å². The van der Waals surface area contributed by atoms with E-state index in [2.05, 4.69) is 10.6 Å². The summed E-state index contributed by atoms with van der Waals surface area (Å²) < 4.78 is 23.7.